The third kappa shape index (κ3) is 2.00. The van der Waals surface area contributed by atoms with Crippen LogP contribution in [-0.4, -0.2) is 34.9 Å². The van der Waals surface area contributed by atoms with Crippen molar-refractivity contribution in [2.45, 2.75) is 43.6 Å². The highest BCUT2D eigenvalue weighted by Gasteiger charge is 2.49. The Hall–Kier alpha value is -0.810. The average molecular weight is 371 g/mol. The molecule has 0 unspecified atom stereocenters. The zero-order chi connectivity index (χ0) is 14.6. The van der Waals surface area contributed by atoms with E-state index in [9.17, 15) is 4.79 Å². The van der Waals surface area contributed by atoms with Crippen molar-refractivity contribution in [3.8, 4) is 0 Å². The fourth-order valence-electron chi connectivity index (χ4n) is 4.23. The number of hydrogen-bond donors (Lipinski definition) is 1. The molecule has 4 rings (SSSR count). The van der Waals surface area contributed by atoms with E-state index in [-0.39, 0.29) is 5.41 Å². The number of halogens is 2. The van der Waals surface area contributed by atoms with Crippen molar-refractivity contribution < 1.29 is 4.79 Å². The lowest BCUT2D eigenvalue weighted by Crippen LogP contribution is -2.36. The van der Waals surface area contributed by atoms with Crippen molar-refractivity contribution in [2.75, 3.05) is 18.4 Å². The van der Waals surface area contributed by atoms with Crippen LogP contribution < -0.4 is 5.32 Å². The lowest BCUT2D eigenvalue weighted by atomic mass is 9.81. The third-order valence-corrected chi connectivity index (χ3v) is 6.45. The first-order chi connectivity index (χ1) is 10.1. The molecule has 2 atom stereocenters. The molecule has 2 fully saturated rings. The Morgan fingerprint density at radius 2 is 2.38 bits per heavy atom. The van der Waals surface area contributed by atoms with E-state index >= 15 is 0 Å². The Bertz CT molecular complexity index is 623. The average Bonchev–Trinajstić information content (AvgIpc) is 3.15. The van der Waals surface area contributed by atoms with Gasteiger partial charge in [-0.1, -0.05) is 11.6 Å². The maximum Gasteiger partial charge on any atom is 0.222 e. The van der Waals surface area contributed by atoms with Gasteiger partial charge < -0.3 is 10.2 Å². The SMILES string of the molecule is O=C1CCCN1[C@H]1CC[C@@]2(CNc3ncc(Br)c(Cl)c32)C1. The number of likely N-dealkylation sites (tertiary alicyclic amines) is 1. The summed E-state index contributed by atoms with van der Waals surface area (Å²) >= 11 is 10.0. The Balaban J connectivity index is 1.67. The van der Waals surface area contributed by atoms with E-state index in [4.69, 9.17) is 11.6 Å². The number of aromatic nitrogens is 1. The Morgan fingerprint density at radius 1 is 1.52 bits per heavy atom. The van der Waals surface area contributed by atoms with E-state index in [0.717, 1.165) is 59.6 Å². The zero-order valence-corrected chi connectivity index (χ0v) is 14.0. The molecule has 112 valence electrons. The molecule has 0 aromatic carbocycles. The molecule has 1 N–H and O–H groups in total. The predicted octanol–water partition coefficient (Wildman–Crippen LogP) is 3.34. The van der Waals surface area contributed by atoms with E-state index in [1.54, 1.807) is 6.20 Å². The second-order valence-corrected chi connectivity index (χ2v) is 7.60. The summed E-state index contributed by atoms with van der Waals surface area (Å²) in [5.74, 6) is 1.23. The number of fused-ring (bicyclic) bond motifs is 2. The van der Waals surface area contributed by atoms with Gasteiger partial charge in [0.25, 0.3) is 0 Å². The van der Waals surface area contributed by atoms with Crippen LogP contribution in [0.15, 0.2) is 10.7 Å². The lowest BCUT2D eigenvalue weighted by molar-refractivity contribution is -0.129. The van der Waals surface area contributed by atoms with Crippen molar-refractivity contribution in [2.24, 2.45) is 0 Å². The van der Waals surface area contributed by atoms with E-state index in [2.05, 4.69) is 31.1 Å². The fourth-order valence-corrected chi connectivity index (χ4v) is 4.87. The topological polar surface area (TPSA) is 45.2 Å². The van der Waals surface area contributed by atoms with Gasteiger partial charge in [0.1, 0.15) is 5.82 Å². The Morgan fingerprint density at radius 3 is 3.14 bits per heavy atom. The van der Waals surface area contributed by atoms with Crippen LogP contribution in [0, 0.1) is 0 Å². The van der Waals surface area contributed by atoms with Gasteiger partial charge in [-0.2, -0.15) is 0 Å². The normalized spacial score (nSPS) is 31.0. The molecule has 6 heteroatoms. The monoisotopic (exact) mass is 369 g/mol. The molecule has 4 nitrogen and oxygen atoms in total. The molecule has 1 saturated carbocycles. The Kier molecular flexibility index (Phi) is 3.19. The second kappa shape index (κ2) is 4.85. The lowest BCUT2D eigenvalue weighted by Gasteiger charge is -2.28. The van der Waals surface area contributed by atoms with Gasteiger partial charge in [-0.05, 0) is 41.6 Å². The van der Waals surface area contributed by atoms with Gasteiger partial charge in [0.05, 0.1) is 9.50 Å². The van der Waals surface area contributed by atoms with Crippen LogP contribution in [0.25, 0.3) is 0 Å². The van der Waals surface area contributed by atoms with Crippen LogP contribution in [0.1, 0.15) is 37.7 Å². The second-order valence-electron chi connectivity index (χ2n) is 6.36. The maximum absolute atomic E-state index is 12.0. The molecule has 0 bridgehead atoms. The molecule has 3 heterocycles. The van der Waals surface area contributed by atoms with Crippen LogP contribution in [0.5, 0.6) is 0 Å². The largest absolute Gasteiger partial charge is 0.369 e. The van der Waals surface area contributed by atoms with E-state index in [0.29, 0.717) is 18.4 Å². The minimum absolute atomic E-state index is 0.0384. The van der Waals surface area contributed by atoms with Crippen LogP contribution in [0.3, 0.4) is 0 Å². The molecular weight excluding hydrogens is 354 g/mol. The molecular formula is C15H17BrClN3O. The van der Waals surface area contributed by atoms with Gasteiger partial charge >= 0.3 is 0 Å². The van der Waals surface area contributed by atoms with Crippen molar-refractivity contribution in [3.63, 3.8) is 0 Å². The van der Waals surface area contributed by atoms with E-state index in [1.807, 2.05) is 0 Å². The van der Waals surface area contributed by atoms with Gasteiger partial charge in [0, 0.05) is 42.7 Å². The number of nitrogens with one attached hydrogen (secondary N) is 1. The molecule has 3 aliphatic rings. The van der Waals surface area contributed by atoms with Gasteiger partial charge in [0.2, 0.25) is 5.91 Å². The first-order valence-corrected chi connectivity index (χ1v) is 8.66. The van der Waals surface area contributed by atoms with E-state index < -0.39 is 0 Å². The first kappa shape index (κ1) is 13.8. The highest BCUT2D eigenvalue weighted by atomic mass is 79.9. The molecule has 1 aliphatic carbocycles. The first-order valence-electron chi connectivity index (χ1n) is 7.48. The Labute approximate surface area is 137 Å². The molecule has 1 saturated heterocycles. The van der Waals surface area contributed by atoms with Crippen molar-refractivity contribution in [3.05, 3.63) is 21.3 Å². The summed E-state index contributed by atoms with van der Waals surface area (Å²) in [7, 11) is 0. The number of carbonyl (C=O) groups excluding carboxylic acids is 1. The van der Waals surface area contributed by atoms with Crippen LogP contribution in [0.4, 0.5) is 5.82 Å². The van der Waals surface area contributed by atoms with Crippen molar-refractivity contribution in [1.82, 2.24) is 9.88 Å². The molecule has 1 aromatic heterocycles. The summed E-state index contributed by atoms with van der Waals surface area (Å²) in [6.07, 6.45) is 6.60. The summed E-state index contributed by atoms with van der Waals surface area (Å²) in [6, 6.07) is 0.364. The standard InChI is InChI=1S/C15H17BrClN3O/c16-10-7-18-14-12(13(10)17)15(8-19-14)4-3-9(6-15)20-5-1-2-11(20)21/h7,9H,1-6,8H2,(H,18,19)/t9-,15-/m0/s1. The van der Waals surface area contributed by atoms with Crippen molar-refractivity contribution >= 4 is 39.3 Å². The number of carbonyl (C=O) groups is 1. The number of nitrogens with zero attached hydrogens (tertiary/aromatic N) is 2. The van der Waals surface area contributed by atoms with Gasteiger partial charge in [-0.25, -0.2) is 4.98 Å². The number of pyridine rings is 1. The van der Waals surface area contributed by atoms with Gasteiger partial charge in [0.15, 0.2) is 0 Å². The minimum Gasteiger partial charge on any atom is -0.369 e. The minimum atomic E-state index is 0.0384. The highest BCUT2D eigenvalue weighted by Crippen LogP contribution is 2.52. The van der Waals surface area contributed by atoms with Crippen LogP contribution >= 0.6 is 27.5 Å². The third-order valence-electron chi connectivity index (χ3n) is 5.23. The van der Waals surface area contributed by atoms with Crippen LogP contribution in [-0.2, 0) is 10.2 Å². The number of hydrogen-bond acceptors (Lipinski definition) is 3. The van der Waals surface area contributed by atoms with Gasteiger partial charge in [-0.15, -0.1) is 0 Å². The maximum atomic E-state index is 12.0. The summed E-state index contributed by atoms with van der Waals surface area (Å²) in [4.78, 5) is 18.5. The van der Waals surface area contributed by atoms with Crippen LogP contribution in [0.2, 0.25) is 5.02 Å². The summed E-state index contributed by atoms with van der Waals surface area (Å²) in [6.45, 7) is 1.80. The zero-order valence-electron chi connectivity index (χ0n) is 11.7. The number of amides is 1. The number of anilines is 1. The molecule has 1 aromatic rings. The summed E-state index contributed by atoms with van der Waals surface area (Å²) in [5, 5.41) is 4.18. The molecule has 21 heavy (non-hydrogen) atoms. The number of rotatable bonds is 1. The fraction of sp³-hybridized carbons (Fsp3) is 0.600. The summed E-state index contributed by atoms with van der Waals surface area (Å²) in [5.41, 5.74) is 1.18. The molecule has 1 amide bonds. The van der Waals surface area contributed by atoms with E-state index in [1.165, 1.54) is 0 Å². The molecule has 2 aliphatic heterocycles. The quantitative estimate of drug-likeness (QED) is 0.824. The van der Waals surface area contributed by atoms with Crippen molar-refractivity contribution in [1.29, 1.82) is 0 Å². The summed E-state index contributed by atoms with van der Waals surface area (Å²) < 4.78 is 0.853. The van der Waals surface area contributed by atoms with Gasteiger partial charge in [-0.3, -0.25) is 4.79 Å². The highest BCUT2D eigenvalue weighted by molar-refractivity contribution is 9.10. The molecule has 0 radical (unpaired) electrons. The predicted molar refractivity (Wildman–Crippen MR) is 85.7 cm³/mol. The molecule has 1 spiro atoms. The smallest absolute Gasteiger partial charge is 0.222 e.